The van der Waals surface area contributed by atoms with E-state index in [0.29, 0.717) is 18.6 Å². The van der Waals surface area contributed by atoms with E-state index in [4.69, 9.17) is 4.74 Å². The van der Waals surface area contributed by atoms with Crippen molar-refractivity contribution in [2.45, 2.75) is 20.8 Å². The summed E-state index contributed by atoms with van der Waals surface area (Å²) in [6, 6.07) is 3.86. The van der Waals surface area contributed by atoms with Gasteiger partial charge in [0.1, 0.15) is 11.6 Å². The minimum Gasteiger partial charge on any atom is -0.493 e. The number of benzene rings is 1. The van der Waals surface area contributed by atoms with Gasteiger partial charge in [0.05, 0.1) is 12.2 Å². The van der Waals surface area contributed by atoms with Gasteiger partial charge in [-0.15, -0.1) is 0 Å². The Kier molecular flexibility index (Phi) is 6.37. The fourth-order valence-electron chi connectivity index (χ4n) is 0.898. The molecule has 0 aliphatic heterocycles. The van der Waals surface area contributed by atoms with Crippen molar-refractivity contribution in [1.29, 1.82) is 0 Å². The van der Waals surface area contributed by atoms with Crippen molar-refractivity contribution in [2.24, 2.45) is 0 Å². The quantitative estimate of drug-likeness (QED) is 0.698. The Labute approximate surface area is 83.7 Å². The molecule has 0 fully saturated rings. The van der Waals surface area contributed by atoms with Crippen LogP contribution in [-0.4, -0.2) is 12.9 Å². The number of hydrogen-bond acceptors (Lipinski definition) is 2. The van der Waals surface area contributed by atoms with Gasteiger partial charge in [-0.1, -0.05) is 13.8 Å². The number of carbonyl (C=O) groups excluding carboxylic acids is 1. The van der Waals surface area contributed by atoms with Crippen LogP contribution in [0.25, 0.3) is 0 Å². The summed E-state index contributed by atoms with van der Waals surface area (Å²) >= 11 is 0. The number of halogens is 1. The molecular formula is C11H15FO2. The summed E-state index contributed by atoms with van der Waals surface area (Å²) < 4.78 is 17.6. The largest absolute Gasteiger partial charge is 0.493 e. The molecular weight excluding hydrogens is 183 g/mol. The smallest absolute Gasteiger partial charge is 0.153 e. The van der Waals surface area contributed by atoms with E-state index in [2.05, 4.69) is 0 Å². The third-order valence-corrected chi connectivity index (χ3v) is 1.40. The molecule has 0 bridgehead atoms. The Balaban J connectivity index is 0.000000791. The average molecular weight is 198 g/mol. The van der Waals surface area contributed by atoms with E-state index >= 15 is 0 Å². The molecule has 1 rings (SSSR count). The monoisotopic (exact) mass is 198 g/mol. The number of carbonyl (C=O) groups is 1. The van der Waals surface area contributed by atoms with E-state index in [-0.39, 0.29) is 5.56 Å². The second kappa shape index (κ2) is 7.06. The average Bonchev–Trinajstić information content (AvgIpc) is 2.24. The Hall–Kier alpha value is -1.38. The molecule has 1 aromatic carbocycles. The zero-order chi connectivity index (χ0) is 11.0. The third kappa shape index (κ3) is 3.56. The summed E-state index contributed by atoms with van der Waals surface area (Å²) in [5.41, 5.74) is 0.247. The van der Waals surface area contributed by atoms with Crippen LogP contribution in [0.5, 0.6) is 5.75 Å². The molecule has 2 nitrogen and oxygen atoms in total. The predicted molar refractivity (Wildman–Crippen MR) is 54.3 cm³/mol. The molecule has 0 aromatic heterocycles. The van der Waals surface area contributed by atoms with Crippen LogP contribution in [0, 0.1) is 5.82 Å². The van der Waals surface area contributed by atoms with Crippen molar-refractivity contribution in [3.8, 4) is 5.75 Å². The van der Waals surface area contributed by atoms with Gasteiger partial charge < -0.3 is 4.74 Å². The van der Waals surface area contributed by atoms with Crippen LogP contribution in [0.2, 0.25) is 0 Å². The SMILES string of the molecule is CC.CCOc1ccc(F)cc1C=O. The van der Waals surface area contributed by atoms with Gasteiger partial charge in [0.15, 0.2) is 6.29 Å². The van der Waals surface area contributed by atoms with Crippen LogP contribution in [0.15, 0.2) is 18.2 Å². The molecule has 1 aromatic rings. The molecule has 0 N–H and O–H groups in total. The maximum atomic E-state index is 12.6. The Bertz CT molecular complexity index is 285. The lowest BCUT2D eigenvalue weighted by Crippen LogP contribution is -1.96. The van der Waals surface area contributed by atoms with E-state index in [1.54, 1.807) is 6.92 Å². The van der Waals surface area contributed by atoms with Crippen molar-refractivity contribution in [2.75, 3.05) is 6.61 Å². The molecule has 0 aliphatic rings. The summed E-state index contributed by atoms with van der Waals surface area (Å²) in [6.45, 7) is 6.27. The topological polar surface area (TPSA) is 26.3 Å². The normalized spacial score (nSPS) is 8.57. The molecule has 0 aliphatic carbocycles. The Morgan fingerprint density at radius 2 is 2.07 bits per heavy atom. The van der Waals surface area contributed by atoms with Crippen molar-refractivity contribution in [3.05, 3.63) is 29.6 Å². The molecule has 0 saturated carbocycles. The summed E-state index contributed by atoms with van der Waals surface area (Å²) in [7, 11) is 0. The first-order valence-corrected chi connectivity index (χ1v) is 4.65. The van der Waals surface area contributed by atoms with Gasteiger partial charge in [0.25, 0.3) is 0 Å². The Morgan fingerprint density at radius 3 is 2.57 bits per heavy atom. The van der Waals surface area contributed by atoms with Gasteiger partial charge in [0.2, 0.25) is 0 Å². The molecule has 0 atom stereocenters. The minimum atomic E-state index is -0.430. The predicted octanol–water partition coefficient (Wildman–Crippen LogP) is 3.06. The molecule has 0 amide bonds. The zero-order valence-electron chi connectivity index (χ0n) is 8.71. The maximum absolute atomic E-state index is 12.6. The third-order valence-electron chi connectivity index (χ3n) is 1.40. The highest BCUT2D eigenvalue weighted by molar-refractivity contribution is 5.79. The van der Waals surface area contributed by atoms with Gasteiger partial charge in [-0.3, -0.25) is 4.79 Å². The lowest BCUT2D eigenvalue weighted by molar-refractivity contribution is 0.111. The standard InChI is InChI=1S/C9H9FO2.C2H6/c1-2-12-9-4-3-8(10)5-7(9)6-11;1-2/h3-6H,2H2,1H3;1-2H3. The zero-order valence-corrected chi connectivity index (χ0v) is 8.71. The van der Waals surface area contributed by atoms with Crippen LogP contribution in [0.3, 0.4) is 0 Å². The molecule has 0 radical (unpaired) electrons. The highest BCUT2D eigenvalue weighted by Crippen LogP contribution is 2.17. The van der Waals surface area contributed by atoms with Crippen molar-refractivity contribution in [3.63, 3.8) is 0 Å². The van der Waals surface area contributed by atoms with Gasteiger partial charge in [-0.05, 0) is 25.1 Å². The van der Waals surface area contributed by atoms with E-state index < -0.39 is 5.82 Å². The van der Waals surface area contributed by atoms with Crippen molar-refractivity contribution >= 4 is 6.29 Å². The summed E-state index contributed by atoms with van der Waals surface area (Å²) in [4.78, 5) is 10.4. The molecule has 0 saturated heterocycles. The highest BCUT2D eigenvalue weighted by Gasteiger charge is 2.02. The number of aldehydes is 1. The van der Waals surface area contributed by atoms with E-state index in [1.165, 1.54) is 12.1 Å². The first-order chi connectivity index (χ1) is 6.77. The highest BCUT2D eigenvalue weighted by atomic mass is 19.1. The minimum absolute atomic E-state index is 0.247. The van der Waals surface area contributed by atoms with E-state index in [1.807, 2.05) is 13.8 Å². The van der Waals surface area contributed by atoms with Crippen LogP contribution >= 0.6 is 0 Å². The van der Waals surface area contributed by atoms with Crippen LogP contribution in [-0.2, 0) is 0 Å². The second-order valence-corrected chi connectivity index (χ2v) is 2.23. The van der Waals surface area contributed by atoms with Crippen LogP contribution in [0.4, 0.5) is 4.39 Å². The molecule has 0 spiro atoms. The molecule has 3 heteroatoms. The number of hydrogen-bond donors (Lipinski definition) is 0. The summed E-state index contributed by atoms with van der Waals surface area (Å²) in [5.74, 6) is -0.00514. The van der Waals surface area contributed by atoms with Crippen molar-refractivity contribution < 1.29 is 13.9 Å². The first kappa shape index (κ1) is 12.6. The lowest BCUT2D eigenvalue weighted by Gasteiger charge is -2.04. The van der Waals surface area contributed by atoms with Gasteiger partial charge in [-0.2, -0.15) is 0 Å². The van der Waals surface area contributed by atoms with E-state index in [9.17, 15) is 9.18 Å². The second-order valence-electron chi connectivity index (χ2n) is 2.23. The first-order valence-electron chi connectivity index (χ1n) is 4.65. The van der Waals surface area contributed by atoms with Gasteiger partial charge in [-0.25, -0.2) is 4.39 Å². The van der Waals surface area contributed by atoms with Crippen LogP contribution in [0.1, 0.15) is 31.1 Å². The molecule has 0 heterocycles. The summed E-state index contributed by atoms with van der Waals surface area (Å²) in [6.07, 6.45) is 0.577. The van der Waals surface area contributed by atoms with Gasteiger partial charge >= 0.3 is 0 Å². The van der Waals surface area contributed by atoms with Crippen LogP contribution < -0.4 is 4.74 Å². The maximum Gasteiger partial charge on any atom is 0.153 e. The fraction of sp³-hybridized carbons (Fsp3) is 0.364. The summed E-state index contributed by atoms with van der Waals surface area (Å²) in [5, 5.41) is 0. The fourth-order valence-corrected chi connectivity index (χ4v) is 0.898. The molecule has 0 unspecified atom stereocenters. The Morgan fingerprint density at radius 1 is 1.43 bits per heavy atom. The molecule has 14 heavy (non-hydrogen) atoms. The number of ether oxygens (including phenoxy) is 1. The lowest BCUT2D eigenvalue weighted by atomic mass is 10.2. The number of rotatable bonds is 3. The van der Waals surface area contributed by atoms with Crippen molar-refractivity contribution in [1.82, 2.24) is 0 Å². The molecule has 78 valence electrons. The van der Waals surface area contributed by atoms with Gasteiger partial charge in [0, 0.05) is 0 Å². The van der Waals surface area contributed by atoms with E-state index in [0.717, 1.165) is 6.07 Å².